The number of aromatic nitrogens is 2. The molecule has 226 valence electrons. The number of para-hydroxylation sites is 2. The summed E-state index contributed by atoms with van der Waals surface area (Å²) in [5.74, 6) is 1.41. The molecule has 2 amide bonds. The first kappa shape index (κ1) is 29.6. The van der Waals surface area contributed by atoms with Crippen LogP contribution in [0.15, 0.2) is 42.5 Å². The molecule has 0 bridgehead atoms. The Hall–Kier alpha value is -3.84. The molecule has 3 aromatic rings. The van der Waals surface area contributed by atoms with Crippen molar-refractivity contribution in [2.24, 2.45) is 0 Å². The van der Waals surface area contributed by atoms with Gasteiger partial charge in [0.25, 0.3) is 16.0 Å². The summed E-state index contributed by atoms with van der Waals surface area (Å²) >= 11 is 0. The molecule has 12 nitrogen and oxygen atoms in total. The third-order valence-electron chi connectivity index (χ3n) is 6.96. The smallest absolute Gasteiger partial charge is 0.410 e. The lowest BCUT2D eigenvalue weighted by molar-refractivity contribution is 0.00523. The van der Waals surface area contributed by atoms with E-state index in [0.29, 0.717) is 61.0 Å². The summed E-state index contributed by atoms with van der Waals surface area (Å²) in [6.45, 7) is 6.69. The van der Waals surface area contributed by atoms with Crippen molar-refractivity contribution < 1.29 is 36.4 Å². The Morgan fingerprint density at radius 3 is 2.57 bits per heavy atom. The Labute approximate surface area is 245 Å². The number of nitrogens with zero attached hydrogens (tertiary/aromatic N) is 3. The van der Waals surface area contributed by atoms with E-state index < -0.39 is 27.9 Å². The first-order valence-corrected chi connectivity index (χ1v) is 15.7. The van der Waals surface area contributed by atoms with Crippen LogP contribution < -0.4 is 14.8 Å². The number of rotatable bonds is 7. The fourth-order valence-corrected chi connectivity index (χ4v) is 5.57. The second kappa shape index (κ2) is 11.8. The molecule has 1 N–H and O–H groups in total. The van der Waals surface area contributed by atoms with Crippen molar-refractivity contribution in [1.29, 1.82) is 0 Å². The summed E-state index contributed by atoms with van der Waals surface area (Å²) in [5.41, 5.74) is 1.19. The van der Waals surface area contributed by atoms with Gasteiger partial charge in [-0.1, -0.05) is 12.1 Å². The Morgan fingerprint density at radius 2 is 1.83 bits per heavy atom. The minimum absolute atomic E-state index is 0.102. The molecule has 2 aliphatic heterocycles. The second-order valence-corrected chi connectivity index (χ2v) is 13.0. The maximum absolute atomic E-state index is 13.4. The Kier molecular flexibility index (Phi) is 8.33. The molecule has 0 aliphatic carbocycles. The van der Waals surface area contributed by atoms with Gasteiger partial charge < -0.3 is 24.1 Å². The number of carbonyl (C=O) groups excluding carboxylic acids is 2. The van der Waals surface area contributed by atoms with Crippen molar-refractivity contribution in [2.45, 2.75) is 57.8 Å². The van der Waals surface area contributed by atoms with Crippen LogP contribution in [-0.2, 0) is 25.6 Å². The average Bonchev–Trinajstić information content (AvgIpc) is 3.29. The Morgan fingerprint density at radius 1 is 1.10 bits per heavy atom. The van der Waals surface area contributed by atoms with Crippen molar-refractivity contribution in [1.82, 2.24) is 19.8 Å². The van der Waals surface area contributed by atoms with Crippen LogP contribution in [0.25, 0.3) is 11.0 Å². The minimum Gasteiger partial charge on any atom is -0.486 e. The van der Waals surface area contributed by atoms with Gasteiger partial charge in [0.2, 0.25) is 0 Å². The van der Waals surface area contributed by atoms with Crippen molar-refractivity contribution in [3.05, 3.63) is 53.9 Å². The van der Waals surface area contributed by atoms with Crippen LogP contribution in [0.5, 0.6) is 11.5 Å². The van der Waals surface area contributed by atoms with E-state index in [1.165, 1.54) is 0 Å². The fraction of sp³-hybridized carbons (Fsp3) is 0.483. The zero-order valence-electron chi connectivity index (χ0n) is 24.2. The highest BCUT2D eigenvalue weighted by Crippen LogP contribution is 2.35. The predicted molar refractivity (Wildman–Crippen MR) is 154 cm³/mol. The normalized spacial score (nSPS) is 19.0. The summed E-state index contributed by atoms with van der Waals surface area (Å²) in [6, 6.07) is 11.7. The van der Waals surface area contributed by atoms with E-state index in [2.05, 4.69) is 5.32 Å². The SMILES string of the molecule is CC(C)(C)OC(=O)N1CCC(NC(=O)c2ccc3c(c2)OCCO3)CC1c1nc2ccccc2n1CCOS(C)(=O)=O. The molecule has 1 fully saturated rings. The van der Waals surface area contributed by atoms with Gasteiger partial charge in [0, 0.05) is 24.7 Å². The van der Waals surface area contributed by atoms with Gasteiger partial charge in [-0.15, -0.1) is 0 Å². The second-order valence-electron chi connectivity index (χ2n) is 11.4. The van der Waals surface area contributed by atoms with Crippen molar-refractivity contribution in [3.63, 3.8) is 0 Å². The van der Waals surface area contributed by atoms with Crippen molar-refractivity contribution >= 4 is 33.2 Å². The van der Waals surface area contributed by atoms with E-state index in [1.807, 2.05) is 28.8 Å². The molecule has 1 aromatic heterocycles. The van der Waals surface area contributed by atoms with Crippen LogP contribution in [0.2, 0.25) is 0 Å². The molecule has 13 heteroatoms. The highest BCUT2D eigenvalue weighted by molar-refractivity contribution is 7.85. The third kappa shape index (κ3) is 6.96. The largest absolute Gasteiger partial charge is 0.486 e. The molecule has 2 aromatic carbocycles. The highest BCUT2D eigenvalue weighted by atomic mass is 32.2. The molecule has 0 radical (unpaired) electrons. The van der Waals surface area contributed by atoms with Gasteiger partial charge in [-0.05, 0) is 63.9 Å². The number of fused-ring (bicyclic) bond motifs is 2. The number of nitrogens with one attached hydrogen (secondary N) is 1. The van der Waals surface area contributed by atoms with Gasteiger partial charge in [-0.3, -0.25) is 13.9 Å². The van der Waals surface area contributed by atoms with Gasteiger partial charge in [0.15, 0.2) is 11.5 Å². The predicted octanol–water partition coefficient (Wildman–Crippen LogP) is 3.65. The van der Waals surface area contributed by atoms with Crippen molar-refractivity contribution in [2.75, 3.05) is 32.6 Å². The lowest BCUT2D eigenvalue weighted by Gasteiger charge is -2.40. The molecule has 3 heterocycles. The molecule has 2 unspecified atom stereocenters. The molecule has 0 spiro atoms. The summed E-state index contributed by atoms with van der Waals surface area (Å²) in [6.07, 6.45) is 1.38. The van der Waals surface area contributed by atoms with Gasteiger partial charge in [0.05, 0.1) is 29.9 Å². The van der Waals surface area contributed by atoms with E-state index >= 15 is 0 Å². The third-order valence-corrected chi connectivity index (χ3v) is 7.56. The number of benzene rings is 2. The van der Waals surface area contributed by atoms with E-state index in [9.17, 15) is 18.0 Å². The minimum atomic E-state index is -3.65. The molecular weight excluding hydrogens is 564 g/mol. The number of imidazole rings is 1. The fourth-order valence-electron chi connectivity index (χ4n) is 5.20. The number of amides is 2. The lowest BCUT2D eigenvalue weighted by atomic mass is 9.96. The van der Waals surface area contributed by atoms with E-state index in [4.69, 9.17) is 23.4 Å². The standard InChI is InChI=1S/C29H36N4O8S/c1-29(2,3)41-28(35)33-12-11-20(30-27(34)19-9-10-24-25(17-19)39-16-15-38-24)18-23(33)26-31-21-7-5-6-8-22(21)32(26)13-14-40-42(4,36)37/h5-10,17,20,23H,11-16,18H2,1-4H3,(H,30,34). The number of ether oxygens (including phenoxy) is 3. The number of piperidine rings is 1. The quantitative estimate of drug-likeness (QED) is 0.403. The van der Waals surface area contributed by atoms with E-state index in [1.54, 1.807) is 43.9 Å². The number of hydrogen-bond acceptors (Lipinski definition) is 9. The summed E-state index contributed by atoms with van der Waals surface area (Å²) in [7, 11) is -3.65. The number of likely N-dealkylation sites (tertiary alicyclic amines) is 1. The number of carbonyl (C=O) groups is 2. The maximum Gasteiger partial charge on any atom is 0.410 e. The number of hydrogen-bond donors (Lipinski definition) is 1. The molecule has 2 aliphatic rings. The first-order valence-electron chi connectivity index (χ1n) is 13.9. The monoisotopic (exact) mass is 600 g/mol. The van der Waals surface area contributed by atoms with Gasteiger partial charge in [0.1, 0.15) is 24.6 Å². The lowest BCUT2D eigenvalue weighted by Crippen LogP contribution is -2.50. The Bertz CT molecular complexity index is 1580. The summed E-state index contributed by atoms with van der Waals surface area (Å²) < 4.78 is 47.2. The topological polar surface area (TPSA) is 138 Å². The zero-order chi connectivity index (χ0) is 30.1. The van der Waals surface area contributed by atoms with Crippen LogP contribution in [0.3, 0.4) is 0 Å². The molecular formula is C29H36N4O8S. The van der Waals surface area contributed by atoms with Crippen LogP contribution in [-0.4, -0.2) is 79.1 Å². The highest BCUT2D eigenvalue weighted by Gasteiger charge is 2.38. The van der Waals surface area contributed by atoms with Crippen molar-refractivity contribution in [3.8, 4) is 11.5 Å². The van der Waals surface area contributed by atoms with Crippen LogP contribution in [0, 0.1) is 0 Å². The molecule has 2 atom stereocenters. The van der Waals surface area contributed by atoms with E-state index in [0.717, 1.165) is 11.8 Å². The summed E-state index contributed by atoms with van der Waals surface area (Å²) in [4.78, 5) is 33.2. The molecule has 1 saturated heterocycles. The van der Waals surface area contributed by atoms with Gasteiger partial charge in [-0.25, -0.2) is 9.78 Å². The zero-order valence-corrected chi connectivity index (χ0v) is 25.0. The average molecular weight is 601 g/mol. The molecule has 42 heavy (non-hydrogen) atoms. The van der Waals surface area contributed by atoms with Crippen LogP contribution in [0.4, 0.5) is 4.79 Å². The van der Waals surface area contributed by atoms with Crippen LogP contribution >= 0.6 is 0 Å². The van der Waals surface area contributed by atoms with Crippen LogP contribution in [0.1, 0.15) is 55.8 Å². The maximum atomic E-state index is 13.4. The first-order chi connectivity index (χ1) is 19.9. The van der Waals surface area contributed by atoms with Gasteiger partial charge in [-0.2, -0.15) is 8.42 Å². The molecule has 5 rings (SSSR count). The van der Waals surface area contributed by atoms with E-state index in [-0.39, 0.29) is 25.1 Å². The Balaban J connectivity index is 1.44. The van der Waals surface area contributed by atoms with Gasteiger partial charge >= 0.3 is 6.09 Å². The molecule has 0 saturated carbocycles. The summed E-state index contributed by atoms with van der Waals surface area (Å²) in [5, 5.41) is 3.11.